The monoisotopic (exact) mass is 288 g/mol. The molecule has 0 bridgehead atoms. The lowest BCUT2D eigenvalue weighted by atomic mass is 10.2. The summed E-state index contributed by atoms with van der Waals surface area (Å²) in [6.07, 6.45) is 0. The molecule has 0 aliphatic carbocycles. The molecule has 0 saturated carbocycles. The van der Waals surface area contributed by atoms with Gasteiger partial charge in [-0.15, -0.1) is 0 Å². The molecule has 0 radical (unpaired) electrons. The van der Waals surface area contributed by atoms with Crippen molar-refractivity contribution in [1.29, 1.82) is 0 Å². The number of ether oxygens (including phenoxy) is 1. The van der Waals surface area contributed by atoms with Crippen LogP contribution in [0.15, 0.2) is 45.9 Å². The van der Waals surface area contributed by atoms with Crippen molar-refractivity contribution in [2.24, 2.45) is 5.11 Å². The van der Waals surface area contributed by atoms with Gasteiger partial charge in [0.15, 0.2) is 5.88 Å². The number of nitrogens with zero attached hydrogens (tertiary/aromatic N) is 3. The molecule has 2 aromatic rings. The number of benzene rings is 1. The Morgan fingerprint density at radius 2 is 2.10 bits per heavy atom. The smallest absolute Gasteiger partial charge is 0.261 e. The molecular formula is C13H12N4O2S. The molecule has 1 aromatic heterocycles. The van der Waals surface area contributed by atoms with Crippen LogP contribution in [0.4, 0.5) is 11.6 Å². The average Bonchev–Trinajstić information content (AvgIpc) is 2.87. The quantitative estimate of drug-likeness (QED) is 0.390. The molecule has 1 heterocycles. The largest absolute Gasteiger partial charge is 0.463 e. The van der Waals surface area contributed by atoms with Crippen molar-refractivity contribution in [3.05, 3.63) is 58.2 Å². The maximum atomic E-state index is 8.27. The molecular weight excluding hydrogens is 276 g/mol. The van der Waals surface area contributed by atoms with Gasteiger partial charge in [0.05, 0.1) is 0 Å². The second-order valence-corrected chi connectivity index (χ2v) is 4.37. The number of furan rings is 1. The summed E-state index contributed by atoms with van der Waals surface area (Å²) in [5.74, 6) is 0.726. The third kappa shape index (κ3) is 4.01. The minimum absolute atomic E-state index is 0.165. The van der Waals surface area contributed by atoms with E-state index in [2.05, 4.69) is 15.3 Å². The molecule has 1 N–H and O–H groups in total. The normalized spacial score (nSPS) is 9.65. The maximum Gasteiger partial charge on any atom is 0.261 e. The third-order valence-electron chi connectivity index (χ3n) is 2.43. The number of aryl methyl sites for hydroxylation is 1. The molecule has 2 rings (SSSR count). The summed E-state index contributed by atoms with van der Waals surface area (Å²) in [5.41, 5.74) is 10.3. The van der Waals surface area contributed by atoms with E-state index in [4.69, 9.17) is 26.9 Å². The molecule has 102 valence electrons. The fraction of sp³-hybridized carbons (Fsp3) is 0.154. The molecule has 0 saturated heterocycles. The molecule has 0 spiro atoms. The van der Waals surface area contributed by atoms with Crippen molar-refractivity contribution >= 4 is 29.0 Å². The zero-order valence-corrected chi connectivity index (χ0v) is 11.6. The SMILES string of the molecule is Cc1ccc(NC(=S)OCc2ccc(N=[N+]=[N-])o2)cc1. The number of azide groups is 1. The predicted octanol–water partition coefficient (Wildman–Crippen LogP) is 4.44. The second-order valence-electron chi connectivity index (χ2n) is 4.00. The van der Waals surface area contributed by atoms with Crippen LogP contribution in [0.25, 0.3) is 10.4 Å². The van der Waals surface area contributed by atoms with Gasteiger partial charge in [-0.05, 0) is 54.1 Å². The van der Waals surface area contributed by atoms with Gasteiger partial charge in [0.25, 0.3) is 5.17 Å². The lowest BCUT2D eigenvalue weighted by Gasteiger charge is -2.08. The molecule has 7 heteroatoms. The number of nitrogens with one attached hydrogen (secondary N) is 1. The van der Waals surface area contributed by atoms with Gasteiger partial charge in [-0.1, -0.05) is 17.7 Å². The number of thiocarbonyl (C=S) groups is 1. The van der Waals surface area contributed by atoms with E-state index >= 15 is 0 Å². The van der Waals surface area contributed by atoms with Crippen LogP contribution in [0.2, 0.25) is 0 Å². The van der Waals surface area contributed by atoms with Crippen molar-refractivity contribution in [1.82, 2.24) is 0 Å². The number of anilines is 1. The van der Waals surface area contributed by atoms with E-state index in [9.17, 15) is 0 Å². The van der Waals surface area contributed by atoms with Gasteiger partial charge in [-0.25, -0.2) is 0 Å². The van der Waals surface area contributed by atoms with E-state index < -0.39 is 0 Å². The Bertz CT molecular complexity index is 645. The lowest BCUT2D eigenvalue weighted by Crippen LogP contribution is -2.12. The van der Waals surface area contributed by atoms with E-state index in [-0.39, 0.29) is 17.7 Å². The summed E-state index contributed by atoms with van der Waals surface area (Å²) >= 11 is 5.07. The summed E-state index contributed by atoms with van der Waals surface area (Å²) in [7, 11) is 0. The van der Waals surface area contributed by atoms with Gasteiger partial charge in [0, 0.05) is 10.6 Å². The Labute approximate surface area is 121 Å². The highest BCUT2D eigenvalue weighted by Gasteiger charge is 2.03. The molecule has 0 unspecified atom stereocenters. The van der Waals surface area contributed by atoms with Crippen LogP contribution in [0.3, 0.4) is 0 Å². The number of rotatable bonds is 4. The first-order valence-electron chi connectivity index (χ1n) is 5.81. The average molecular weight is 288 g/mol. The molecule has 0 amide bonds. The van der Waals surface area contributed by atoms with Gasteiger partial charge in [-0.3, -0.25) is 0 Å². The summed E-state index contributed by atoms with van der Waals surface area (Å²) in [6.45, 7) is 2.18. The highest BCUT2D eigenvalue weighted by Crippen LogP contribution is 2.17. The molecule has 6 nitrogen and oxygen atoms in total. The molecule has 1 aromatic carbocycles. The van der Waals surface area contributed by atoms with Crippen LogP contribution in [0.1, 0.15) is 11.3 Å². The van der Waals surface area contributed by atoms with E-state index in [1.165, 1.54) is 5.56 Å². The van der Waals surface area contributed by atoms with Crippen LogP contribution >= 0.6 is 12.2 Å². The van der Waals surface area contributed by atoms with Gasteiger partial charge >= 0.3 is 0 Å². The summed E-state index contributed by atoms with van der Waals surface area (Å²) in [4.78, 5) is 2.63. The topological polar surface area (TPSA) is 83.2 Å². The Balaban J connectivity index is 1.85. The number of hydrogen-bond donors (Lipinski definition) is 1. The zero-order valence-electron chi connectivity index (χ0n) is 10.7. The maximum absolute atomic E-state index is 8.27. The van der Waals surface area contributed by atoms with Crippen molar-refractivity contribution in [2.45, 2.75) is 13.5 Å². The van der Waals surface area contributed by atoms with E-state index in [1.54, 1.807) is 12.1 Å². The Morgan fingerprint density at radius 1 is 1.35 bits per heavy atom. The fourth-order valence-corrected chi connectivity index (χ4v) is 1.65. The van der Waals surface area contributed by atoms with E-state index in [0.29, 0.717) is 5.76 Å². The Morgan fingerprint density at radius 3 is 2.80 bits per heavy atom. The van der Waals surface area contributed by atoms with E-state index in [1.807, 2.05) is 31.2 Å². The standard InChI is InChI=1S/C13H12N4O2S/c1-9-2-4-10(5-3-9)15-13(20)18-8-11-6-7-12(19-11)16-17-14/h2-7H,8H2,1H3,(H,15,20). The second kappa shape index (κ2) is 6.60. The Hall–Kier alpha value is -2.50. The summed E-state index contributed by atoms with van der Waals surface area (Å²) < 4.78 is 10.6. The van der Waals surface area contributed by atoms with Crippen LogP contribution in [0.5, 0.6) is 0 Å². The van der Waals surface area contributed by atoms with Crippen LogP contribution in [-0.4, -0.2) is 5.17 Å². The molecule has 0 atom stereocenters. The molecule has 0 fully saturated rings. The Kier molecular flexibility index (Phi) is 4.60. The summed E-state index contributed by atoms with van der Waals surface area (Å²) in [5, 5.41) is 6.54. The summed E-state index contributed by atoms with van der Waals surface area (Å²) in [6, 6.07) is 11.0. The minimum Gasteiger partial charge on any atom is -0.463 e. The molecule has 0 aliphatic heterocycles. The molecule has 20 heavy (non-hydrogen) atoms. The first-order valence-corrected chi connectivity index (χ1v) is 6.22. The van der Waals surface area contributed by atoms with Gasteiger partial charge < -0.3 is 14.5 Å². The van der Waals surface area contributed by atoms with Crippen LogP contribution in [-0.2, 0) is 11.3 Å². The predicted molar refractivity (Wildman–Crippen MR) is 79.7 cm³/mol. The van der Waals surface area contributed by atoms with Crippen molar-refractivity contribution in [2.75, 3.05) is 5.32 Å². The van der Waals surface area contributed by atoms with Gasteiger partial charge in [0.1, 0.15) is 12.4 Å². The van der Waals surface area contributed by atoms with E-state index in [0.717, 1.165) is 5.69 Å². The zero-order chi connectivity index (χ0) is 14.4. The lowest BCUT2D eigenvalue weighted by molar-refractivity contribution is 0.265. The number of hydrogen-bond acceptors (Lipinski definition) is 4. The highest BCUT2D eigenvalue weighted by molar-refractivity contribution is 7.80. The van der Waals surface area contributed by atoms with Crippen molar-refractivity contribution < 1.29 is 9.15 Å². The third-order valence-corrected chi connectivity index (χ3v) is 2.65. The fourth-order valence-electron chi connectivity index (χ4n) is 1.47. The van der Waals surface area contributed by atoms with Crippen molar-refractivity contribution in [3.63, 3.8) is 0 Å². The van der Waals surface area contributed by atoms with Gasteiger partial charge in [-0.2, -0.15) is 0 Å². The first kappa shape index (κ1) is 13.9. The van der Waals surface area contributed by atoms with Gasteiger partial charge in [0.2, 0.25) is 0 Å². The highest BCUT2D eigenvalue weighted by atomic mass is 32.1. The van der Waals surface area contributed by atoms with Crippen LogP contribution < -0.4 is 5.32 Å². The first-order chi connectivity index (χ1) is 9.67. The van der Waals surface area contributed by atoms with Crippen molar-refractivity contribution in [3.8, 4) is 0 Å². The minimum atomic E-state index is 0.165. The molecule has 0 aliphatic rings. The van der Waals surface area contributed by atoms with Crippen LogP contribution in [0, 0.1) is 6.92 Å².